The van der Waals surface area contributed by atoms with Crippen molar-refractivity contribution in [2.75, 3.05) is 39.3 Å². The van der Waals surface area contributed by atoms with Crippen LogP contribution in [-0.4, -0.2) is 78.7 Å². The van der Waals surface area contributed by atoms with Crippen LogP contribution in [-0.2, 0) is 19.1 Å². The van der Waals surface area contributed by atoms with Crippen LogP contribution in [0.25, 0.3) is 0 Å². The molecule has 38 heavy (non-hydrogen) atoms. The van der Waals surface area contributed by atoms with E-state index in [0.717, 1.165) is 69.5 Å². The van der Waals surface area contributed by atoms with Crippen LogP contribution in [0.2, 0.25) is 0 Å². The van der Waals surface area contributed by atoms with Gasteiger partial charge in [0.05, 0.1) is 12.0 Å². The predicted molar refractivity (Wildman–Crippen MR) is 144 cm³/mol. The van der Waals surface area contributed by atoms with Crippen molar-refractivity contribution in [1.29, 1.82) is 0 Å². The number of carbonyl (C=O) groups is 3. The molecular weight excluding hydrogens is 482 g/mol. The number of amides is 3. The van der Waals surface area contributed by atoms with Gasteiger partial charge >= 0.3 is 6.09 Å². The second kappa shape index (κ2) is 12.8. The van der Waals surface area contributed by atoms with Crippen LogP contribution >= 0.6 is 0 Å². The average Bonchev–Trinajstić information content (AvgIpc) is 2.87. The van der Waals surface area contributed by atoms with Gasteiger partial charge in [-0.2, -0.15) is 0 Å². The summed E-state index contributed by atoms with van der Waals surface area (Å²) in [5.41, 5.74) is 1.29. The summed E-state index contributed by atoms with van der Waals surface area (Å²) in [6, 6.07) is 7.68. The van der Waals surface area contributed by atoms with Crippen molar-refractivity contribution >= 4 is 17.9 Å². The summed E-state index contributed by atoms with van der Waals surface area (Å²) in [6.07, 6.45) is 4.99. The second-order valence-electron chi connectivity index (χ2n) is 11.7. The molecule has 3 aliphatic rings. The van der Waals surface area contributed by atoms with Crippen LogP contribution in [0.3, 0.4) is 0 Å². The number of rotatable bonds is 5. The van der Waals surface area contributed by atoms with E-state index in [1.54, 1.807) is 0 Å². The highest BCUT2D eigenvalue weighted by atomic mass is 16.6. The molecule has 8 nitrogen and oxygen atoms in total. The van der Waals surface area contributed by atoms with Gasteiger partial charge in [-0.25, -0.2) is 4.79 Å². The van der Waals surface area contributed by atoms with Gasteiger partial charge in [-0.1, -0.05) is 24.0 Å². The molecule has 3 amide bonds. The quantitative estimate of drug-likeness (QED) is 0.468. The highest BCUT2D eigenvalue weighted by molar-refractivity contribution is 6.00. The smallest absolute Gasteiger partial charge is 0.410 e. The van der Waals surface area contributed by atoms with Crippen LogP contribution in [0.5, 0.6) is 0 Å². The van der Waals surface area contributed by atoms with Gasteiger partial charge in [0.2, 0.25) is 11.8 Å². The summed E-state index contributed by atoms with van der Waals surface area (Å²) >= 11 is 0. The predicted octanol–water partition coefficient (Wildman–Crippen LogP) is 3.69. The first-order chi connectivity index (χ1) is 18.2. The molecule has 0 saturated carbocycles. The lowest BCUT2D eigenvalue weighted by Gasteiger charge is -2.37. The van der Waals surface area contributed by atoms with Crippen molar-refractivity contribution in [2.24, 2.45) is 5.92 Å². The van der Waals surface area contributed by atoms with E-state index in [9.17, 15) is 14.4 Å². The first-order valence-electron chi connectivity index (χ1n) is 13.9. The third-order valence-corrected chi connectivity index (χ3v) is 7.47. The molecule has 0 spiro atoms. The van der Waals surface area contributed by atoms with E-state index in [4.69, 9.17) is 9.47 Å². The molecule has 3 fully saturated rings. The summed E-state index contributed by atoms with van der Waals surface area (Å²) in [5.74, 6) is 6.16. The lowest BCUT2D eigenvalue weighted by molar-refractivity contribution is -0.134. The Morgan fingerprint density at radius 2 is 1.79 bits per heavy atom. The SMILES string of the molecule is CC(C)(C)OC(=O)N1CCC(CN2CCC(OCC#Cc3cccc(C4CCC(=O)NC4=O)c3)CC2)CC1. The Labute approximate surface area is 226 Å². The number of ether oxygens (including phenoxy) is 2. The Kier molecular flexibility index (Phi) is 9.45. The third-order valence-electron chi connectivity index (χ3n) is 7.47. The number of nitrogens with zero attached hydrogens (tertiary/aromatic N) is 2. The number of imide groups is 1. The molecule has 1 N–H and O–H groups in total. The van der Waals surface area contributed by atoms with Crippen molar-refractivity contribution < 1.29 is 23.9 Å². The molecule has 1 aromatic carbocycles. The number of hydrogen-bond donors (Lipinski definition) is 1. The fraction of sp³-hybridized carbons (Fsp3) is 0.633. The molecule has 3 saturated heterocycles. The van der Waals surface area contributed by atoms with Crippen LogP contribution < -0.4 is 5.32 Å². The van der Waals surface area contributed by atoms with Crippen molar-refractivity contribution in [3.8, 4) is 11.8 Å². The number of carbonyl (C=O) groups excluding carboxylic acids is 3. The number of piperidine rings is 3. The second-order valence-corrected chi connectivity index (χ2v) is 11.7. The summed E-state index contributed by atoms with van der Waals surface area (Å²) in [6.45, 7) is 10.8. The summed E-state index contributed by atoms with van der Waals surface area (Å²) in [5, 5.41) is 2.42. The van der Waals surface area contributed by atoms with E-state index in [-0.39, 0.29) is 29.9 Å². The molecule has 1 unspecified atom stereocenters. The van der Waals surface area contributed by atoms with E-state index in [1.165, 1.54) is 0 Å². The Bertz CT molecular complexity index is 1050. The van der Waals surface area contributed by atoms with E-state index in [1.807, 2.05) is 49.9 Å². The molecule has 3 aliphatic heterocycles. The van der Waals surface area contributed by atoms with Gasteiger partial charge in [0, 0.05) is 44.7 Å². The molecule has 1 atom stereocenters. The first kappa shape index (κ1) is 28.1. The molecule has 3 heterocycles. The summed E-state index contributed by atoms with van der Waals surface area (Å²) < 4.78 is 11.5. The maximum atomic E-state index is 12.3. The van der Waals surface area contributed by atoms with E-state index in [0.29, 0.717) is 25.4 Å². The van der Waals surface area contributed by atoms with Gasteiger partial charge in [-0.3, -0.25) is 14.9 Å². The zero-order chi connectivity index (χ0) is 27.1. The van der Waals surface area contributed by atoms with Gasteiger partial charge < -0.3 is 19.3 Å². The highest BCUT2D eigenvalue weighted by Gasteiger charge is 2.29. The van der Waals surface area contributed by atoms with Gasteiger partial charge in [0.25, 0.3) is 0 Å². The normalized spacial score (nSPS) is 22.0. The van der Waals surface area contributed by atoms with E-state index >= 15 is 0 Å². The molecule has 206 valence electrons. The van der Waals surface area contributed by atoms with Crippen molar-refractivity contribution in [1.82, 2.24) is 15.1 Å². The molecule has 1 aromatic rings. The Morgan fingerprint density at radius 1 is 1.05 bits per heavy atom. The number of hydrogen-bond acceptors (Lipinski definition) is 6. The molecule has 0 aromatic heterocycles. The number of nitrogens with one attached hydrogen (secondary N) is 1. The Hall–Kier alpha value is -2.89. The summed E-state index contributed by atoms with van der Waals surface area (Å²) in [7, 11) is 0. The lowest BCUT2D eigenvalue weighted by Crippen LogP contribution is -2.45. The number of benzene rings is 1. The average molecular weight is 524 g/mol. The minimum Gasteiger partial charge on any atom is -0.444 e. The monoisotopic (exact) mass is 523 g/mol. The fourth-order valence-corrected chi connectivity index (χ4v) is 5.39. The molecular formula is C30H41N3O5. The van der Waals surface area contributed by atoms with Gasteiger partial charge in [-0.15, -0.1) is 0 Å². The van der Waals surface area contributed by atoms with Crippen LogP contribution in [0.15, 0.2) is 24.3 Å². The minimum atomic E-state index is -0.450. The zero-order valence-corrected chi connectivity index (χ0v) is 23.0. The van der Waals surface area contributed by atoms with Crippen molar-refractivity contribution in [3.63, 3.8) is 0 Å². The van der Waals surface area contributed by atoms with E-state index < -0.39 is 5.60 Å². The molecule has 8 heteroatoms. The largest absolute Gasteiger partial charge is 0.444 e. The standard InChI is InChI=1S/C30H41N3O5/c1-30(2,3)38-29(36)33-17-11-23(12-18-33)21-32-15-13-25(14-16-32)37-19-5-7-22-6-4-8-24(20-22)26-9-10-27(34)31-28(26)35/h4,6,8,20,23,25-26H,9-19,21H2,1-3H3,(H,31,34,35). The van der Waals surface area contributed by atoms with Crippen molar-refractivity contribution in [3.05, 3.63) is 35.4 Å². The molecule has 0 aliphatic carbocycles. The molecule has 0 radical (unpaired) electrons. The molecule has 0 bridgehead atoms. The van der Waals surface area contributed by atoms with Gasteiger partial charge in [-0.05, 0) is 76.5 Å². The van der Waals surface area contributed by atoms with E-state index in [2.05, 4.69) is 22.1 Å². The van der Waals surface area contributed by atoms with Crippen LogP contribution in [0, 0.1) is 17.8 Å². The van der Waals surface area contributed by atoms with Crippen LogP contribution in [0.1, 0.15) is 76.3 Å². The topological polar surface area (TPSA) is 88.2 Å². The highest BCUT2D eigenvalue weighted by Crippen LogP contribution is 2.25. The molecule has 4 rings (SSSR count). The first-order valence-corrected chi connectivity index (χ1v) is 13.9. The Balaban J connectivity index is 1.14. The Morgan fingerprint density at radius 3 is 2.47 bits per heavy atom. The maximum absolute atomic E-state index is 12.3. The minimum absolute atomic E-state index is 0.195. The summed E-state index contributed by atoms with van der Waals surface area (Å²) in [4.78, 5) is 40.2. The lowest BCUT2D eigenvalue weighted by atomic mass is 9.90. The third kappa shape index (κ3) is 8.31. The number of likely N-dealkylation sites (tertiary alicyclic amines) is 2. The van der Waals surface area contributed by atoms with Gasteiger partial charge in [0.15, 0.2) is 0 Å². The van der Waals surface area contributed by atoms with Crippen LogP contribution in [0.4, 0.5) is 4.79 Å². The van der Waals surface area contributed by atoms with Crippen molar-refractivity contribution in [2.45, 2.75) is 76.9 Å². The zero-order valence-electron chi connectivity index (χ0n) is 23.0. The maximum Gasteiger partial charge on any atom is 0.410 e. The van der Waals surface area contributed by atoms with Gasteiger partial charge in [0.1, 0.15) is 12.2 Å². The fourth-order valence-electron chi connectivity index (χ4n) is 5.39.